The Morgan fingerprint density at radius 2 is 2.05 bits per heavy atom. The summed E-state index contributed by atoms with van der Waals surface area (Å²) in [5.41, 5.74) is -0.688. The summed E-state index contributed by atoms with van der Waals surface area (Å²) >= 11 is 0. The van der Waals surface area contributed by atoms with Crippen molar-refractivity contribution in [1.29, 1.82) is 0 Å². The van der Waals surface area contributed by atoms with E-state index in [1.807, 2.05) is 0 Å². The van der Waals surface area contributed by atoms with Crippen LogP contribution in [0.2, 0.25) is 0 Å². The van der Waals surface area contributed by atoms with Crippen LogP contribution in [-0.2, 0) is 15.1 Å². The largest absolute Gasteiger partial charge is 0.490 e. The second-order valence-corrected chi connectivity index (χ2v) is 4.97. The third-order valence-electron chi connectivity index (χ3n) is 3.16. The Morgan fingerprint density at radius 1 is 1.35 bits per heavy atom. The van der Waals surface area contributed by atoms with E-state index in [1.54, 1.807) is 32.0 Å². The van der Waals surface area contributed by atoms with E-state index >= 15 is 0 Å². The number of ether oxygens (including phenoxy) is 3. The average Bonchev–Trinajstić information content (AvgIpc) is 2.62. The van der Waals surface area contributed by atoms with Crippen LogP contribution in [0.5, 0.6) is 11.5 Å². The Morgan fingerprint density at radius 3 is 2.75 bits per heavy atom. The summed E-state index contributed by atoms with van der Waals surface area (Å²) in [6.45, 7) is 4.82. The molecule has 0 aliphatic carbocycles. The highest BCUT2D eigenvalue weighted by molar-refractivity contribution is 5.71. The molecule has 1 N–H and O–H groups in total. The molecule has 2 rings (SSSR count). The van der Waals surface area contributed by atoms with E-state index < -0.39 is 11.6 Å². The Balaban J connectivity index is 2.19. The van der Waals surface area contributed by atoms with Crippen LogP contribution >= 0.6 is 0 Å². The molecule has 1 atom stereocenters. The van der Waals surface area contributed by atoms with Crippen LogP contribution < -0.4 is 9.47 Å². The van der Waals surface area contributed by atoms with E-state index in [0.717, 1.165) is 6.42 Å². The summed E-state index contributed by atoms with van der Waals surface area (Å²) in [5.74, 6) is 0.840. The van der Waals surface area contributed by atoms with Crippen LogP contribution in [-0.4, -0.2) is 30.9 Å². The molecule has 1 aromatic carbocycles. The van der Waals surface area contributed by atoms with Gasteiger partial charge in [-0.25, -0.2) is 0 Å². The average molecular weight is 280 g/mol. The minimum absolute atomic E-state index is 0.0967. The van der Waals surface area contributed by atoms with Crippen molar-refractivity contribution in [3.63, 3.8) is 0 Å². The maximum atomic E-state index is 11.5. The zero-order valence-electron chi connectivity index (χ0n) is 11.8. The Bertz CT molecular complexity index is 481. The fourth-order valence-electron chi connectivity index (χ4n) is 2.09. The lowest BCUT2D eigenvalue weighted by Crippen LogP contribution is -2.26. The number of carbonyl (C=O) groups is 1. The molecule has 0 spiro atoms. The molecule has 1 aliphatic heterocycles. The van der Waals surface area contributed by atoms with Crippen molar-refractivity contribution in [2.24, 2.45) is 0 Å². The predicted molar refractivity (Wildman–Crippen MR) is 72.9 cm³/mol. The third kappa shape index (κ3) is 3.42. The highest BCUT2D eigenvalue weighted by Crippen LogP contribution is 2.35. The van der Waals surface area contributed by atoms with Gasteiger partial charge in [-0.15, -0.1) is 0 Å². The maximum absolute atomic E-state index is 11.5. The maximum Gasteiger partial charge on any atom is 0.309 e. The van der Waals surface area contributed by atoms with E-state index in [2.05, 4.69) is 0 Å². The molecular formula is C15H20O5. The van der Waals surface area contributed by atoms with Crippen molar-refractivity contribution in [2.75, 3.05) is 19.8 Å². The molecule has 0 fully saturated rings. The minimum atomic E-state index is -1.29. The molecule has 1 aromatic rings. The number of hydrogen-bond acceptors (Lipinski definition) is 5. The van der Waals surface area contributed by atoms with Crippen molar-refractivity contribution in [3.05, 3.63) is 23.8 Å². The van der Waals surface area contributed by atoms with Crippen LogP contribution in [0, 0.1) is 0 Å². The van der Waals surface area contributed by atoms with E-state index in [0.29, 0.717) is 36.9 Å². The zero-order valence-corrected chi connectivity index (χ0v) is 11.8. The van der Waals surface area contributed by atoms with Gasteiger partial charge in [-0.3, -0.25) is 4.79 Å². The summed E-state index contributed by atoms with van der Waals surface area (Å²) in [4.78, 5) is 11.5. The van der Waals surface area contributed by atoms with E-state index in [1.165, 1.54) is 0 Å². The van der Waals surface area contributed by atoms with Crippen molar-refractivity contribution in [3.8, 4) is 11.5 Å². The minimum Gasteiger partial charge on any atom is -0.490 e. The number of carbonyl (C=O) groups excluding carboxylic acids is 1. The smallest absolute Gasteiger partial charge is 0.309 e. The first-order valence-electron chi connectivity index (χ1n) is 6.81. The fraction of sp³-hybridized carbons (Fsp3) is 0.533. The monoisotopic (exact) mass is 280 g/mol. The number of esters is 1. The first-order chi connectivity index (χ1) is 9.53. The van der Waals surface area contributed by atoms with Gasteiger partial charge >= 0.3 is 5.97 Å². The Labute approximate surface area is 118 Å². The van der Waals surface area contributed by atoms with Gasteiger partial charge in [-0.05, 0) is 31.5 Å². The van der Waals surface area contributed by atoms with Crippen molar-refractivity contribution in [1.82, 2.24) is 0 Å². The zero-order chi connectivity index (χ0) is 14.6. The summed E-state index contributed by atoms with van der Waals surface area (Å²) in [7, 11) is 0. The molecule has 0 bridgehead atoms. The molecule has 5 nitrogen and oxygen atoms in total. The van der Waals surface area contributed by atoms with Crippen molar-refractivity contribution >= 4 is 5.97 Å². The molecule has 0 saturated carbocycles. The van der Waals surface area contributed by atoms with Crippen LogP contribution in [0.15, 0.2) is 18.2 Å². The number of benzene rings is 1. The topological polar surface area (TPSA) is 65.0 Å². The molecule has 1 unspecified atom stereocenters. The molecule has 20 heavy (non-hydrogen) atoms. The molecule has 0 amide bonds. The lowest BCUT2D eigenvalue weighted by Gasteiger charge is -2.23. The second kappa shape index (κ2) is 6.13. The van der Waals surface area contributed by atoms with Gasteiger partial charge in [0.2, 0.25) is 0 Å². The van der Waals surface area contributed by atoms with Crippen molar-refractivity contribution in [2.45, 2.75) is 32.3 Å². The van der Waals surface area contributed by atoms with Crippen LogP contribution in [0.3, 0.4) is 0 Å². The lowest BCUT2D eigenvalue weighted by molar-refractivity contribution is -0.148. The Hall–Kier alpha value is -1.75. The number of rotatable bonds is 4. The van der Waals surface area contributed by atoms with Gasteiger partial charge in [0.05, 0.1) is 31.8 Å². The molecule has 1 aliphatic rings. The highest BCUT2D eigenvalue weighted by atomic mass is 16.5. The first-order valence-corrected chi connectivity index (χ1v) is 6.81. The van der Waals surface area contributed by atoms with E-state index in [4.69, 9.17) is 14.2 Å². The number of hydrogen-bond donors (Lipinski definition) is 1. The summed E-state index contributed by atoms with van der Waals surface area (Å²) in [5, 5.41) is 10.5. The summed E-state index contributed by atoms with van der Waals surface area (Å²) in [6, 6.07) is 5.22. The van der Waals surface area contributed by atoms with E-state index in [9.17, 15) is 9.90 Å². The molecule has 1 heterocycles. The van der Waals surface area contributed by atoms with Gasteiger partial charge in [0.15, 0.2) is 11.5 Å². The fourth-order valence-corrected chi connectivity index (χ4v) is 2.09. The first kappa shape index (κ1) is 14.7. The summed E-state index contributed by atoms with van der Waals surface area (Å²) in [6.07, 6.45) is 0.726. The van der Waals surface area contributed by atoms with E-state index in [-0.39, 0.29) is 6.42 Å². The molecule has 110 valence electrons. The van der Waals surface area contributed by atoms with Gasteiger partial charge in [-0.1, -0.05) is 6.07 Å². The van der Waals surface area contributed by atoms with Crippen molar-refractivity contribution < 1.29 is 24.1 Å². The molecule has 5 heteroatoms. The molecular weight excluding hydrogens is 260 g/mol. The van der Waals surface area contributed by atoms with Gasteiger partial charge in [0.25, 0.3) is 0 Å². The Kier molecular flexibility index (Phi) is 4.49. The standard InChI is InChI=1S/C15H20O5/c1-3-18-14(16)10-15(2,17)11-5-6-12-13(9-11)20-8-4-7-19-12/h5-6,9,17H,3-4,7-8,10H2,1-2H3. The van der Waals surface area contributed by atoms with Crippen LogP contribution in [0.25, 0.3) is 0 Å². The SMILES string of the molecule is CCOC(=O)CC(C)(O)c1ccc2c(c1)OCCCO2. The molecule has 0 saturated heterocycles. The highest BCUT2D eigenvalue weighted by Gasteiger charge is 2.29. The number of aliphatic hydroxyl groups is 1. The quantitative estimate of drug-likeness (QED) is 0.855. The predicted octanol–water partition coefficient (Wildman–Crippen LogP) is 2.01. The second-order valence-electron chi connectivity index (χ2n) is 4.97. The van der Waals surface area contributed by atoms with Gasteiger partial charge in [0, 0.05) is 6.42 Å². The van der Waals surface area contributed by atoms with Gasteiger partial charge < -0.3 is 19.3 Å². The molecule has 0 aromatic heterocycles. The number of fused-ring (bicyclic) bond motifs is 1. The third-order valence-corrected chi connectivity index (χ3v) is 3.16. The van der Waals surface area contributed by atoms with Crippen LogP contribution in [0.4, 0.5) is 0 Å². The van der Waals surface area contributed by atoms with Gasteiger partial charge in [-0.2, -0.15) is 0 Å². The normalized spacial score (nSPS) is 16.9. The lowest BCUT2D eigenvalue weighted by atomic mass is 9.92. The molecule has 0 radical (unpaired) electrons. The van der Waals surface area contributed by atoms with Gasteiger partial charge in [0.1, 0.15) is 0 Å². The summed E-state index contributed by atoms with van der Waals surface area (Å²) < 4.78 is 16.0. The van der Waals surface area contributed by atoms with Crippen LogP contribution in [0.1, 0.15) is 32.3 Å².